The fourth-order valence-electron chi connectivity index (χ4n) is 2.20. The molecule has 3 nitrogen and oxygen atoms in total. The van der Waals surface area contributed by atoms with Crippen molar-refractivity contribution in [3.63, 3.8) is 0 Å². The molecule has 0 amide bonds. The standard InChI is InChI=1S/C14H18Cl2O3/c1-3-5-17-13-11(8-10(15)9-12(13)16)14(4-2)18-6-7-19-14/h8-9H,3-7H2,1-2H3. The second kappa shape index (κ2) is 6.31. The van der Waals surface area contributed by atoms with Crippen LogP contribution in [0.15, 0.2) is 12.1 Å². The number of benzene rings is 1. The molecule has 0 unspecified atom stereocenters. The molecule has 1 saturated heterocycles. The lowest BCUT2D eigenvalue weighted by atomic mass is 10.0. The van der Waals surface area contributed by atoms with Crippen LogP contribution in [0.5, 0.6) is 5.75 Å². The second-order valence-corrected chi connectivity index (χ2v) is 5.26. The van der Waals surface area contributed by atoms with E-state index in [2.05, 4.69) is 0 Å². The van der Waals surface area contributed by atoms with E-state index in [1.165, 1.54) is 0 Å². The molecular formula is C14H18Cl2O3. The third-order valence-corrected chi connectivity index (χ3v) is 3.59. The van der Waals surface area contributed by atoms with Gasteiger partial charge in [-0.2, -0.15) is 0 Å². The fraction of sp³-hybridized carbons (Fsp3) is 0.571. The first-order chi connectivity index (χ1) is 9.13. The maximum atomic E-state index is 6.25. The summed E-state index contributed by atoms with van der Waals surface area (Å²) in [6.45, 7) is 5.76. The first-order valence-corrected chi connectivity index (χ1v) is 7.28. The third-order valence-electron chi connectivity index (χ3n) is 3.09. The summed E-state index contributed by atoms with van der Waals surface area (Å²) in [5.74, 6) is -0.186. The first kappa shape index (κ1) is 14.9. The van der Waals surface area contributed by atoms with Crippen molar-refractivity contribution in [2.24, 2.45) is 0 Å². The van der Waals surface area contributed by atoms with E-state index in [1.54, 1.807) is 6.07 Å². The van der Waals surface area contributed by atoms with E-state index in [4.69, 9.17) is 37.4 Å². The van der Waals surface area contributed by atoms with Crippen molar-refractivity contribution in [1.82, 2.24) is 0 Å². The van der Waals surface area contributed by atoms with Gasteiger partial charge in [0.25, 0.3) is 0 Å². The smallest absolute Gasteiger partial charge is 0.198 e. The SMILES string of the molecule is CCCOc1c(Cl)cc(Cl)cc1C1(CC)OCCO1. The lowest BCUT2D eigenvalue weighted by Gasteiger charge is -2.29. The van der Waals surface area contributed by atoms with E-state index >= 15 is 0 Å². The largest absolute Gasteiger partial charge is 0.492 e. The Kier molecular flexibility index (Phi) is 4.96. The Hall–Kier alpha value is -0.480. The van der Waals surface area contributed by atoms with Crippen molar-refractivity contribution in [1.29, 1.82) is 0 Å². The summed E-state index contributed by atoms with van der Waals surface area (Å²) in [6, 6.07) is 3.49. The molecule has 5 heteroatoms. The third kappa shape index (κ3) is 3.00. The number of hydrogen-bond acceptors (Lipinski definition) is 3. The molecule has 1 fully saturated rings. The molecule has 0 bridgehead atoms. The van der Waals surface area contributed by atoms with Crippen LogP contribution in [-0.4, -0.2) is 19.8 Å². The predicted molar refractivity (Wildman–Crippen MR) is 76.1 cm³/mol. The van der Waals surface area contributed by atoms with Crippen LogP contribution in [-0.2, 0) is 15.3 Å². The van der Waals surface area contributed by atoms with Crippen molar-refractivity contribution in [3.8, 4) is 5.75 Å². The van der Waals surface area contributed by atoms with E-state index in [-0.39, 0.29) is 0 Å². The minimum Gasteiger partial charge on any atom is -0.492 e. The molecule has 1 aromatic carbocycles. The minimum absolute atomic E-state index is 0.489. The maximum Gasteiger partial charge on any atom is 0.198 e. The summed E-state index contributed by atoms with van der Waals surface area (Å²) in [7, 11) is 0. The van der Waals surface area contributed by atoms with Crippen molar-refractivity contribution >= 4 is 23.2 Å². The molecule has 0 atom stereocenters. The summed E-state index contributed by atoms with van der Waals surface area (Å²) < 4.78 is 17.3. The zero-order chi connectivity index (χ0) is 13.9. The van der Waals surface area contributed by atoms with Gasteiger partial charge in [-0.15, -0.1) is 0 Å². The molecule has 0 radical (unpaired) electrons. The summed E-state index contributed by atoms with van der Waals surface area (Å²) in [6.07, 6.45) is 1.57. The highest BCUT2D eigenvalue weighted by Crippen LogP contribution is 2.44. The Balaban J connectivity index is 2.47. The van der Waals surface area contributed by atoms with Crippen molar-refractivity contribution < 1.29 is 14.2 Å². The monoisotopic (exact) mass is 304 g/mol. The fourth-order valence-corrected chi connectivity index (χ4v) is 2.75. The first-order valence-electron chi connectivity index (χ1n) is 6.53. The molecule has 1 aliphatic rings. The Bertz CT molecular complexity index is 443. The second-order valence-electron chi connectivity index (χ2n) is 4.42. The molecule has 0 saturated carbocycles. The Morgan fingerprint density at radius 2 is 1.89 bits per heavy atom. The molecule has 2 rings (SSSR count). The topological polar surface area (TPSA) is 27.7 Å². The Morgan fingerprint density at radius 3 is 2.47 bits per heavy atom. The molecule has 1 aliphatic heterocycles. The molecule has 0 spiro atoms. The van der Waals surface area contributed by atoms with Crippen LogP contribution in [0.2, 0.25) is 10.0 Å². The van der Waals surface area contributed by atoms with Crippen LogP contribution >= 0.6 is 23.2 Å². The maximum absolute atomic E-state index is 6.25. The van der Waals surface area contributed by atoms with Gasteiger partial charge >= 0.3 is 0 Å². The summed E-state index contributed by atoms with van der Waals surface area (Å²) in [5, 5.41) is 1.04. The minimum atomic E-state index is -0.794. The van der Waals surface area contributed by atoms with E-state index < -0.39 is 5.79 Å². The normalized spacial score (nSPS) is 17.7. The lowest BCUT2D eigenvalue weighted by molar-refractivity contribution is -0.168. The molecule has 0 N–H and O–H groups in total. The predicted octanol–water partition coefficient (Wildman–Crippen LogP) is 4.39. The van der Waals surface area contributed by atoms with Gasteiger partial charge in [0.05, 0.1) is 30.4 Å². The van der Waals surface area contributed by atoms with Gasteiger partial charge in [0.1, 0.15) is 5.75 Å². The number of ether oxygens (including phenoxy) is 3. The van der Waals surface area contributed by atoms with Crippen molar-refractivity contribution in [3.05, 3.63) is 27.7 Å². The van der Waals surface area contributed by atoms with E-state index in [9.17, 15) is 0 Å². The van der Waals surface area contributed by atoms with Gasteiger partial charge < -0.3 is 14.2 Å². The number of halogens is 2. The molecular weight excluding hydrogens is 287 g/mol. The van der Waals surface area contributed by atoms with Crippen molar-refractivity contribution in [2.75, 3.05) is 19.8 Å². The average Bonchev–Trinajstić information content (AvgIpc) is 2.87. The zero-order valence-electron chi connectivity index (χ0n) is 11.2. The van der Waals surface area contributed by atoms with Gasteiger partial charge in [-0.05, 0) is 18.6 Å². The van der Waals surface area contributed by atoms with Crippen LogP contribution in [0.4, 0.5) is 0 Å². The molecule has 1 aromatic rings. The molecule has 19 heavy (non-hydrogen) atoms. The average molecular weight is 305 g/mol. The van der Waals surface area contributed by atoms with Crippen LogP contribution in [0.25, 0.3) is 0 Å². The van der Waals surface area contributed by atoms with E-state index in [0.717, 1.165) is 12.0 Å². The van der Waals surface area contributed by atoms with Gasteiger partial charge in [-0.25, -0.2) is 0 Å². The van der Waals surface area contributed by atoms with Gasteiger partial charge in [-0.1, -0.05) is 37.0 Å². The van der Waals surface area contributed by atoms with E-state index in [0.29, 0.717) is 42.0 Å². The highest BCUT2D eigenvalue weighted by Gasteiger charge is 2.40. The van der Waals surface area contributed by atoms with Crippen LogP contribution < -0.4 is 4.74 Å². The molecule has 106 valence electrons. The molecule has 0 aliphatic carbocycles. The zero-order valence-corrected chi connectivity index (χ0v) is 12.7. The summed E-state index contributed by atoms with van der Waals surface area (Å²) in [4.78, 5) is 0. The van der Waals surface area contributed by atoms with Gasteiger partial charge in [0, 0.05) is 11.4 Å². The number of hydrogen-bond donors (Lipinski definition) is 0. The van der Waals surface area contributed by atoms with E-state index in [1.807, 2.05) is 19.9 Å². The highest BCUT2D eigenvalue weighted by atomic mass is 35.5. The molecule has 1 heterocycles. The Labute approximate surface area is 123 Å². The molecule has 0 aromatic heterocycles. The summed E-state index contributed by atoms with van der Waals surface area (Å²) in [5.41, 5.74) is 0.776. The number of rotatable bonds is 5. The highest BCUT2D eigenvalue weighted by molar-refractivity contribution is 6.35. The lowest BCUT2D eigenvalue weighted by Crippen LogP contribution is -2.27. The van der Waals surface area contributed by atoms with Crippen LogP contribution in [0.1, 0.15) is 32.3 Å². The van der Waals surface area contributed by atoms with Crippen molar-refractivity contribution in [2.45, 2.75) is 32.5 Å². The van der Waals surface area contributed by atoms with Gasteiger partial charge in [0.2, 0.25) is 0 Å². The summed E-state index contributed by atoms with van der Waals surface area (Å²) >= 11 is 12.3. The van der Waals surface area contributed by atoms with Crippen LogP contribution in [0.3, 0.4) is 0 Å². The Morgan fingerprint density at radius 1 is 1.21 bits per heavy atom. The van der Waals surface area contributed by atoms with Gasteiger partial charge in [-0.3, -0.25) is 0 Å². The van der Waals surface area contributed by atoms with Crippen LogP contribution in [0, 0.1) is 0 Å². The quantitative estimate of drug-likeness (QED) is 0.807. The van der Waals surface area contributed by atoms with Gasteiger partial charge in [0.15, 0.2) is 5.79 Å².